The summed E-state index contributed by atoms with van der Waals surface area (Å²) in [7, 11) is 0. The number of benzene rings is 3. The molecule has 0 amide bonds. The molecule has 0 saturated heterocycles. The Morgan fingerprint density at radius 2 is 1.64 bits per heavy atom. The molecule has 5 nitrogen and oxygen atoms in total. The van der Waals surface area contributed by atoms with Crippen LogP contribution in [0.2, 0.25) is 0 Å². The largest absolute Gasteiger partial charge is 0.478 e. The van der Waals surface area contributed by atoms with Gasteiger partial charge in [-0.1, -0.05) is 18.2 Å². The quantitative estimate of drug-likeness (QED) is 0.383. The minimum atomic E-state index is -0.943. The highest BCUT2D eigenvalue weighted by Crippen LogP contribution is 2.33. The number of pyridine rings is 1. The predicted octanol–water partition coefficient (Wildman–Crippen LogP) is 4.41. The smallest absolute Gasteiger partial charge is 0.335 e. The van der Waals surface area contributed by atoms with Crippen molar-refractivity contribution in [1.82, 2.24) is 4.98 Å². The average Bonchev–Trinajstić information content (AvgIpc) is 2.61. The van der Waals surface area contributed by atoms with E-state index in [2.05, 4.69) is 10.3 Å². The lowest BCUT2D eigenvalue weighted by atomic mass is 10.1. The number of para-hydroxylation sites is 1. The molecule has 4 rings (SSSR count). The van der Waals surface area contributed by atoms with Crippen molar-refractivity contribution in [1.29, 1.82) is 0 Å². The second kappa shape index (κ2) is 5.79. The summed E-state index contributed by atoms with van der Waals surface area (Å²) in [6, 6.07) is 20.2. The second-order valence-corrected chi connectivity index (χ2v) is 5.79. The monoisotopic (exact) mass is 329 g/mol. The second-order valence-electron chi connectivity index (χ2n) is 5.79. The summed E-state index contributed by atoms with van der Waals surface area (Å²) < 4.78 is 0. The van der Waals surface area contributed by atoms with E-state index >= 15 is 0 Å². The van der Waals surface area contributed by atoms with Crippen molar-refractivity contribution >= 4 is 44.8 Å². The summed E-state index contributed by atoms with van der Waals surface area (Å²) in [5, 5.41) is 14.4. The number of carboxylic acid groups (broad SMARTS) is 1. The fraction of sp³-hybridized carbons (Fsp3) is 0. The third kappa shape index (κ3) is 2.72. The van der Waals surface area contributed by atoms with Gasteiger partial charge in [-0.3, -0.25) is 0 Å². The zero-order valence-corrected chi connectivity index (χ0v) is 13.2. The summed E-state index contributed by atoms with van der Waals surface area (Å²) in [6.07, 6.45) is 0. The summed E-state index contributed by atoms with van der Waals surface area (Å²) in [6.45, 7) is 0. The molecule has 0 aliphatic heterocycles. The SMILES string of the molecule is Nc1ccc2c(Nc3ccc(C(=O)O)cc3)c3ccccc3nc2c1. The maximum Gasteiger partial charge on any atom is 0.335 e. The van der Waals surface area contributed by atoms with Crippen LogP contribution in [0.3, 0.4) is 0 Å². The molecular weight excluding hydrogens is 314 g/mol. The average molecular weight is 329 g/mol. The minimum Gasteiger partial charge on any atom is -0.478 e. The van der Waals surface area contributed by atoms with Crippen molar-refractivity contribution in [2.24, 2.45) is 0 Å². The van der Waals surface area contributed by atoms with E-state index in [1.807, 2.05) is 42.5 Å². The van der Waals surface area contributed by atoms with E-state index in [9.17, 15) is 4.79 Å². The number of carbonyl (C=O) groups is 1. The Morgan fingerprint density at radius 3 is 2.40 bits per heavy atom. The Labute approximate surface area is 143 Å². The zero-order chi connectivity index (χ0) is 17.4. The number of nitrogens with two attached hydrogens (primary N) is 1. The van der Waals surface area contributed by atoms with Gasteiger partial charge >= 0.3 is 5.97 Å². The van der Waals surface area contributed by atoms with Crippen molar-refractivity contribution in [3.63, 3.8) is 0 Å². The molecule has 122 valence electrons. The number of nitrogens with one attached hydrogen (secondary N) is 1. The summed E-state index contributed by atoms with van der Waals surface area (Å²) in [4.78, 5) is 15.7. The fourth-order valence-corrected chi connectivity index (χ4v) is 2.89. The number of nitrogen functional groups attached to an aromatic ring is 1. The number of aromatic nitrogens is 1. The van der Waals surface area contributed by atoms with E-state index in [1.165, 1.54) is 0 Å². The van der Waals surface area contributed by atoms with E-state index in [0.29, 0.717) is 5.69 Å². The number of hydrogen-bond acceptors (Lipinski definition) is 4. The van der Waals surface area contributed by atoms with E-state index in [1.54, 1.807) is 24.3 Å². The molecule has 0 unspecified atom stereocenters. The van der Waals surface area contributed by atoms with Gasteiger partial charge in [0.15, 0.2) is 0 Å². The van der Waals surface area contributed by atoms with Crippen LogP contribution in [0.4, 0.5) is 17.1 Å². The van der Waals surface area contributed by atoms with Crippen molar-refractivity contribution in [3.05, 3.63) is 72.3 Å². The summed E-state index contributed by atoms with van der Waals surface area (Å²) >= 11 is 0. The number of fused-ring (bicyclic) bond motifs is 2. The van der Waals surface area contributed by atoms with E-state index in [4.69, 9.17) is 10.8 Å². The Kier molecular flexibility index (Phi) is 3.47. The van der Waals surface area contributed by atoms with Crippen molar-refractivity contribution in [3.8, 4) is 0 Å². The Morgan fingerprint density at radius 1 is 0.920 bits per heavy atom. The third-order valence-corrected chi connectivity index (χ3v) is 4.11. The number of carboxylic acids is 1. The highest BCUT2D eigenvalue weighted by atomic mass is 16.4. The highest BCUT2D eigenvalue weighted by Gasteiger charge is 2.10. The van der Waals surface area contributed by atoms with E-state index in [-0.39, 0.29) is 5.56 Å². The fourth-order valence-electron chi connectivity index (χ4n) is 2.89. The maximum absolute atomic E-state index is 11.0. The first-order valence-corrected chi connectivity index (χ1v) is 7.80. The van der Waals surface area contributed by atoms with Crippen LogP contribution in [0.5, 0.6) is 0 Å². The van der Waals surface area contributed by atoms with Crippen molar-refractivity contribution in [2.45, 2.75) is 0 Å². The molecule has 4 aromatic rings. The van der Waals surface area contributed by atoms with Gasteiger partial charge in [-0.2, -0.15) is 0 Å². The molecule has 0 radical (unpaired) electrons. The Balaban J connectivity index is 1.90. The molecule has 4 N–H and O–H groups in total. The van der Waals surface area contributed by atoms with Crippen LogP contribution in [0.25, 0.3) is 21.8 Å². The molecule has 0 spiro atoms. The molecule has 0 aliphatic carbocycles. The van der Waals surface area contributed by atoms with Crippen LogP contribution < -0.4 is 11.1 Å². The van der Waals surface area contributed by atoms with Crippen molar-refractivity contribution in [2.75, 3.05) is 11.1 Å². The number of hydrogen-bond donors (Lipinski definition) is 3. The van der Waals surface area contributed by atoms with Crippen molar-refractivity contribution < 1.29 is 9.90 Å². The number of nitrogens with zero attached hydrogens (tertiary/aromatic N) is 1. The molecule has 1 aromatic heterocycles. The van der Waals surface area contributed by atoms with Crippen LogP contribution >= 0.6 is 0 Å². The predicted molar refractivity (Wildman–Crippen MR) is 100 cm³/mol. The molecule has 0 fully saturated rings. The Hall–Kier alpha value is -3.60. The van der Waals surface area contributed by atoms with Gasteiger partial charge < -0.3 is 16.2 Å². The minimum absolute atomic E-state index is 0.253. The standard InChI is InChI=1S/C20H15N3O2/c21-13-7-10-16-18(11-13)23-17-4-2-1-3-15(17)19(16)22-14-8-5-12(6-9-14)20(24)25/h1-11H,21H2,(H,22,23)(H,24,25). The molecule has 0 aliphatic rings. The molecule has 25 heavy (non-hydrogen) atoms. The van der Waals surface area contributed by atoms with Crippen LogP contribution in [0, 0.1) is 0 Å². The lowest BCUT2D eigenvalue weighted by Crippen LogP contribution is -1.98. The maximum atomic E-state index is 11.0. The lowest BCUT2D eigenvalue weighted by molar-refractivity contribution is 0.0697. The number of anilines is 3. The van der Waals surface area contributed by atoms with Gasteiger partial charge in [0.25, 0.3) is 0 Å². The topological polar surface area (TPSA) is 88.2 Å². The zero-order valence-electron chi connectivity index (χ0n) is 13.2. The van der Waals surface area contributed by atoms with E-state index < -0.39 is 5.97 Å². The van der Waals surface area contributed by atoms with E-state index in [0.717, 1.165) is 33.2 Å². The number of rotatable bonds is 3. The first-order valence-electron chi connectivity index (χ1n) is 7.80. The first kappa shape index (κ1) is 15.0. The lowest BCUT2D eigenvalue weighted by Gasteiger charge is -2.14. The summed E-state index contributed by atoms with van der Waals surface area (Å²) in [5.41, 5.74) is 10.2. The number of aromatic carboxylic acids is 1. The van der Waals surface area contributed by atoms with Gasteiger partial charge in [0.05, 0.1) is 22.3 Å². The normalized spacial score (nSPS) is 10.9. The molecule has 0 bridgehead atoms. The Bertz CT molecular complexity index is 1110. The molecule has 0 atom stereocenters. The van der Waals surface area contributed by atoms with Gasteiger partial charge in [0, 0.05) is 22.1 Å². The van der Waals surface area contributed by atoms with Crippen LogP contribution in [0.1, 0.15) is 10.4 Å². The van der Waals surface area contributed by atoms with Gasteiger partial charge in [-0.25, -0.2) is 9.78 Å². The molecular formula is C20H15N3O2. The highest BCUT2D eigenvalue weighted by molar-refractivity contribution is 6.09. The summed E-state index contributed by atoms with van der Waals surface area (Å²) in [5.74, 6) is -0.943. The third-order valence-electron chi connectivity index (χ3n) is 4.11. The molecule has 3 aromatic carbocycles. The molecule has 0 saturated carbocycles. The molecule has 5 heteroatoms. The van der Waals surface area contributed by atoms with Crippen LogP contribution in [0.15, 0.2) is 66.7 Å². The van der Waals surface area contributed by atoms with Gasteiger partial charge in [-0.15, -0.1) is 0 Å². The van der Waals surface area contributed by atoms with Crippen LogP contribution in [-0.2, 0) is 0 Å². The first-order chi connectivity index (χ1) is 12.1. The van der Waals surface area contributed by atoms with Crippen LogP contribution in [-0.4, -0.2) is 16.1 Å². The molecule has 1 heterocycles. The van der Waals surface area contributed by atoms with Gasteiger partial charge in [-0.05, 0) is 48.5 Å². The van der Waals surface area contributed by atoms with Gasteiger partial charge in [0.2, 0.25) is 0 Å². The van der Waals surface area contributed by atoms with Gasteiger partial charge in [0.1, 0.15) is 0 Å².